The number of carbonyl (C=O) groups is 2. The van der Waals surface area contributed by atoms with Gasteiger partial charge in [0, 0.05) is 29.6 Å². The van der Waals surface area contributed by atoms with Crippen LogP contribution in [0.5, 0.6) is 0 Å². The lowest BCUT2D eigenvalue weighted by Crippen LogP contribution is -2.27. The number of nitrogens with zero attached hydrogens (tertiary/aromatic N) is 2. The van der Waals surface area contributed by atoms with E-state index in [1.54, 1.807) is 12.1 Å². The van der Waals surface area contributed by atoms with Crippen molar-refractivity contribution >= 4 is 39.5 Å². The monoisotopic (exact) mass is 470 g/mol. The Kier molecular flexibility index (Phi) is 6.18. The summed E-state index contributed by atoms with van der Waals surface area (Å²) < 4.78 is 0. The van der Waals surface area contributed by atoms with Gasteiger partial charge in [-0.25, -0.2) is 0 Å². The molecule has 0 saturated carbocycles. The fraction of sp³-hybridized carbons (Fsp3) is 0.500. The van der Waals surface area contributed by atoms with Crippen LogP contribution in [0.25, 0.3) is 0 Å². The molecule has 0 spiro atoms. The van der Waals surface area contributed by atoms with Gasteiger partial charge < -0.3 is 16.0 Å². The number of fused-ring (bicyclic) bond motifs is 1. The number of carbonyl (C=O) groups excluding carboxylic acids is 2. The van der Waals surface area contributed by atoms with Gasteiger partial charge in [0.25, 0.3) is 17.5 Å². The van der Waals surface area contributed by atoms with Crippen LogP contribution < -0.4 is 16.0 Å². The van der Waals surface area contributed by atoms with E-state index in [-0.39, 0.29) is 16.7 Å². The number of nitro benzene ring substituents is 1. The molecule has 33 heavy (non-hydrogen) atoms. The molecule has 0 unspecified atom stereocenters. The molecule has 3 N–H and O–H groups in total. The Labute approximate surface area is 197 Å². The number of nitro groups is 1. The third-order valence-electron chi connectivity index (χ3n) is 6.84. The van der Waals surface area contributed by atoms with Crippen molar-refractivity contribution in [2.24, 2.45) is 17.1 Å². The molecule has 2 aromatic rings. The Balaban J connectivity index is 1.62. The number of nitrogens with two attached hydrogens (primary N) is 1. The number of anilines is 2. The van der Waals surface area contributed by atoms with Gasteiger partial charge in [-0.2, -0.15) is 0 Å². The SMILES string of the molecule is CC(C)(C)[C@H]1CCc2c(sc(NC(=O)c3ccc(N4CCCC4)c([N+](=O)[O-])c3)c2C(N)=O)C1. The van der Waals surface area contributed by atoms with E-state index in [2.05, 4.69) is 26.1 Å². The van der Waals surface area contributed by atoms with E-state index in [1.807, 2.05) is 4.90 Å². The first kappa shape index (κ1) is 23.2. The van der Waals surface area contributed by atoms with Crippen molar-refractivity contribution in [3.63, 3.8) is 0 Å². The maximum atomic E-state index is 13.0. The van der Waals surface area contributed by atoms with Gasteiger partial charge in [0.05, 0.1) is 10.5 Å². The molecule has 1 aliphatic carbocycles. The average Bonchev–Trinajstić information content (AvgIpc) is 3.39. The molecule has 1 fully saturated rings. The van der Waals surface area contributed by atoms with Crippen LogP contribution in [-0.4, -0.2) is 29.8 Å². The van der Waals surface area contributed by atoms with Gasteiger partial charge in [0.15, 0.2) is 0 Å². The van der Waals surface area contributed by atoms with Crippen LogP contribution in [0.15, 0.2) is 18.2 Å². The first-order valence-corrected chi connectivity index (χ1v) is 12.2. The molecule has 2 heterocycles. The largest absolute Gasteiger partial charge is 0.366 e. The number of nitrogens with one attached hydrogen (secondary N) is 1. The zero-order chi connectivity index (χ0) is 23.9. The van der Waals surface area contributed by atoms with Crippen molar-refractivity contribution in [1.82, 2.24) is 0 Å². The van der Waals surface area contributed by atoms with Gasteiger partial charge >= 0.3 is 0 Å². The molecule has 1 aromatic carbocycles. The second-order valence-corrected chi connectivity index (χ2v) is 11.1. The quantitative estimate of drug-likeness (QED) is 0.482. The summed E-state index contributed by atoms with van der Waals surface area (Å²) in [4.78, 5) is 39.6. The first-order chi connectivity index (χ1) is 15.6. The van der Waals surface area contributed by atoms with E-state index in [9.17, 15) is 19.7 Å². The van der Waals surface area contributed by atoms with Gasteiger partial charge in [0.1, 0.15) is 10.7 Å². The Morgan fingerprint density at radius 1 is 1.24 bits per heavy atom. The average molecular weight is 471 g/mol. The van der Waals surface area contributed by atoms with Crippen LogP contribution >= 0.6 is 11.3 Å². The zero-order valence-corrected chi connectivity index (χ0v) is 20.1. The molecular formula is C24H30N4O4S. The van der Waals surface area contributed by atoms with Gasteiger partial charge in [-0.15, -0.1) is 11.3 Å². The minimum atomic E-state index is -0.563. The van der Waals surface area contributed by atoms with Crippen molar-refractivity contribution in [1.29, 1.82) is 0 Å². The maximum absolute atomic E-state index is 13.0. The Morgan fingerprint density at radius 2 is 1.94 bits per heavy atom. The standard InChI is InChI=1S/C24H30N4O4S/c1-24(2,3)15-7-8-16-19(13-15)33-23(20(16)21(25)29)26-22(30)14-6-9-17(18(12-14)28(31)32)27-10-4-5-11-27/h6,9,12,15H,4-5,7-8,10-11,13H2,1-3H3,(H2,25,29)(H,26,30)/t15-/m0/s1. The summed E-state index contributed by atoms with van der Waals surface area (Å²) in [6.45, 7) is 8.18. The maximum Gasteiger partial charge on any atom is 0.293 e. The third kappa shape index (κ3) is 4.59. The normalized spacial score (nSPS) is 18.2. The van der Waals surface area contributed by atoms with Gasteiger partial charge in [-0.05, 0) is 61.1 Å². The predicted molar refractivity (Wildman–Crippen MR) is 130 cm³/mol. The summed E-state index contributed by atoms with van der Waals surface area (Å²) >= 11 is 1.39. The number of thiophene rings is 1. The van der Waals surface area contributed by atoms with Crippen molar-refractivity contribution in [3.05, 3.63) is 49.9 Å². The number of rotatable bonds is 5. The minimum absolute atomic E-state index is 0.0850. The van der Waals surface area contributed by atoms with E-state index in [0.717, 1.165) is 55.6 Å². The highest BCUT2D eigenvalue weighted by Gasteiger charge is 2.34. The Bertz CT molecular complexity index is 1110. The van der Waals surface area contributed by atoms with E-state index in [4.69, 9.17) is 5.73 Å². The molecule has 1 aliphatic heterocycles. The summed E-state index contributed by atoms with van der Waals surface area (Å²) in [6, 6.07) is 4.56. The van der Waals surface area contributed by atoms with E-state index < -0.39 is 16.7 Å². The summed E-state index contributed by atoms with van der Waals surface area (Å²) in [5.74, 6) is -0.569. The van der Waals surface area contributed by atoms with E-state index in [0.29, 0.717) is 22.2 Å². The van der Waals surface area contributed by atoms with Gasteiger partial charge in [-0.1, -0.05) is 20.8 Å². The van der Waals surface area contributed by atoms with Crippen molar-refractivity contribution in [3.8, 4) is 0 Å². The van der Waals surface area contributed by atoms with E-state index >= 15 is 0 Å². The molecular weight excluding hydrogens is 440 g/mol. The number of hydrogen-bond donors (Lipinski definition) is 2. The number of hydrogen-bond acceptors (Lipinski definition) is 6. The second-order valence-electron chi connectivity index (χ2n) is 9.99. The lowest BCUT2D eigenvalue weighted by Gasteiger charge is -2.33. The molecule has 1 saturated heterocycles. The number of amides is 2. The smallest absolute Gasteiger partial charge is 0.293 e. The molecule has 0 bridgehead atoms. The lowest BCUT2D eigenvalue weighted by atomic mass is 9.72. The predicted octanol–water partition coefficient (Wildman–Crippen LogP) is 4.76. The second kappa shape index (κ2) is 8.78. The summed E-state index contributed by atoms with van der Waals surface area (Å²) in [6.07, 6.45) is 4.54. The molecule has 4 rings (SSSR count). The third-order valence-corrected chi connectivity index (χ3v) is 8.01. The first-order valence-electron chi connectivity index (χ1n) is 11.4. The zero-order valence-electron chi connectivity index (χ0n) is 19.3. The summed E-state index contributed by atoms with van der Waals surface area (Å²) in [5, 5.41) is 14.9. The van der Waals surface area contributed by atoms with Crippen LogP contribution in [0.4, 0.5) is 16.4 Å². The highest BCUT2D eigenvalue weighted by Crippen LogP contribution is 2.44. The molecule has 2 aliphatic rings. The molecule has 2 amide bonds. The van der Waals surface area contributed by atoms with Crippen LogP contribution in [0, 0.1) is 21.4 Å². The van der Waals surface area contributed by atoms with E-state index in [1.165, 1.54) is 17.4 Å². The van der Waals surface area contributed by atoms with Crippen molar-refractivity contribution in [2.75, 3.05) is 23.3 Å². The summed E-state index contributed by atoms with van der Waals surface area (Å²) in [7, 11) is 0. The highest BCUT2D eigenvalue weighted by molar-refractivity contribution is 7.17. The fourth-order valence-electron chi connectivity index (χ4n) is 4.89. The Hall–Kier alpha value is -2.94. The van der Waals surface area contributed by atoms with Crippen molar-refractivity contribution in [2.45, 2.75) is 52.9 Å². The van der Waals surface area contributed by atoms with Crippen molar-refractivity contribution < 1.29 is 14.5 Å². The molecule has 9 heteroatoms. The van der Waals surface area contributed by atoms with Crippen LogP contribution in [0.2, 0.25) is 0 Å². The minimum Gasteiger partial charge on any atom is -0.366 e. The molecule has 1 atom stereocenters. The molecule has 8 nitrogen and oxygen atoms in total. The van der Waals surface area contributed by atoms with Gasteiger partial charge in [-0.3, -0.25) is 19.7 Å². The molecule has 1 aromatic heterocycles. The number of primary amides is 1. The topological polar surface area (TPSA) is 119 Å². The lowest BCUT2D eigenvalue weighted by molar-refractivity contribution is -0.384. The Morgan fingerprint density at radius 3 is 2.55 bits per heavy atom. The van der Waals surface area contributed by atoms with Crippen LogP contribution in [0.3, 0.4) is 0 Å². The van der Waals surface area contributed by atoms with Crippen LogP contribution in [0.1, 0.15) is 71.2 Å². The molecule has 0 radical (unpaired) electrons. The van der Waals surface area contributed by atoms with Crippen LogP contribution in [-0.2, 0) is 12.8 Å². The fourth-order valence-corrected chi connectivity index (χ4v) is 6.21. The molecule has 176 valence electrons. The highest BCUT2D eigenvalue weighted by atomic mass is 32.1. The number of benzene rings is 1. The summed E-state index contributed by atoms with van der Waals surface area (Å²) in [5.41, 5.74) is 7.77. The van der Waals surface area contributed by atoms with Gasteiger partial charge in [0.2, 0.25) is 0 Å².